The van der Waals surface area contributed by atoms with Gasteiger partial charge in [0.1, 0.15) is 5.82 Å². The van der Waals surface area contributed by atoms with Crippen LogP contribution in [0.5, 0.6) is 0 Å². The summed E-state index contributed by atoms with van der Waals surface area (Å²) in [5, 5.41) is 0. The number of carbonyl (C=O) groups is 3. The number of fused-ring (bicyclic) bond motifs is 1. The van der Waals surface area contributed by atoms with Gasteiger partial charge in [-0.15, -0.1) is 0 Å². The number of anilines is 1. The first-order valence-corrected chi connectivity index (χ1v) is 6.12. The first-order valence-electron chi connectivity index (χ1n) is 6.12. The van der Waals surface area contributed by atoms with E-state index in [4.69, 9.17) is 0 Å². The fourth-order valence-electron chi connectivity index (χ4n) is 2.24. The van der Waals surface area contributed by atoms with E-state index in [1.54, 1.807) is 0 Å². The van der Waals surface area contributed by atoms with Crippen LogP contribution in [-0.4, -0.2) is 31.3 Å². The van der Waals surface area contributed by atoms with E-state index in [-0.39, 0.29) is 17.8 Å². The number of nitrogens with zero attached hydrogens (tertiary/aromatic N) is 1. The van der Waals surface area contributed by atoms with Gasteiger partial charge in [-0.3, -0.25) is 14.4 Å². The molecule has 0 aromatic heterocycles. The molecule has 21 heavy (non-hydrogen) atoms. The van der Waals surface area contributed by atoms with Gasteiger partial charge in [0.05, 0.1) is 23.8 Å². The van der Waals surface area contributed by atoms with Crippen LogP contribution in [-0.2, 0) is 14.3 Å². The standard InChI is InChI=1S/C14H13F2NO4/c1-14(2,13(20)21-3)6-17-10-8(11(18)12(17)19)4-7(15)5-9(10)16/h4-5H,6H2,1-3H3. The zero-order valence-corrected chi connectivity index (χ0v) is 11.7. The Morgan fingerprint density at radius 1 is 1.29 bits per heavy atom. The molecule has 1 aromatic carbocycles. The Morgan fingerprint density at radius 3 is 2.48 bits per heavy atom. The Morgan fingerprint density at radius 2 is 1.90 bits per heavy atom. The highest BCUT2D eigenvalue weighted by Gasteiger charge is 2.43. The van der Waals surface area contributed by atoms with Crippen molar-refractivity contribution in [3.63, 3.8) is 0 Å². The summed E-state index contributed by atoms with van der Waals surface area (Å²) >= 11 is 0. The number of esters is 1. The monoisotopic (exact) mass is 297 g/mol. The van der Waals surface area contributed by atoms with E-state index in [9.17, 15) is 23.2 Å². The Bertz CT molecular complexity index is 655. The molecule has 0 radical (unpaired) electrons. The molecule has 7 heteroatoms. The Kier molecular flexibility index (Phi) is 3.52. The molecule has 1 aliphatic rings. The molecule has 2 rings (SSSR count). The molecule has 0 spiro atoms. The summed E-state index contributed by atoms with van der Waals surface area (Å²) in [6, 6.07) is 1.40. The van der Waals surface area contributed by atoms with Crippen molar-refractivity contribution in [2.45, 2.75) is 13.8 Å². The molecule has 0 N–H and O–H groups in total. The summed E-state index contributed by atoms with van der Waals surface area (Å²) in [4.78, 5) is 36.3. The molecule has 1 amide bonds. The van der Waals surface area contributed by atoms with Gasteiger partial charge in [-0.1, -0.05) is 0 Å². The van der Waals surface area contributed by atoms with Crippen molar-refractivity contribution in [2.75, 3.05) is 18.6 Å². The summed E-state index contributed by atoms with van der Waals surface area (Å²) in [5.74, 6) is -4.57. The predicted molar refractivity (Wildman–Crippen MR) is 68.8 cm³/mol. The molecule has 0 aliphatic carbocycles. The maximum absolute atomic E-state index is 13.9. The van der Waals surface area contributed by atoms with Crippen molar-refractivity contribution in [3.05, 3.63) is 29.3 Å². The first kappa shape index (κ1) is 15.1. The fourth-order valence-corrected chi connectivity index (χ4v) is 2.24. The van der Waals surface area contributed by atoms with E-state index in [1.165, 1.54) is 21.0 Å². The van der Waals surface area contributed by atoms with Crippen LogP contribution in [0.25, 0.3) is 0 Å². The van der Waals surface area contributed by atoms with Crippen LogP contribution in [0.1, 0.15) is 24.2 Å². The fraction of sp³-hybridized carbons (Fsp3) is 0.357. The molecular formula is C14H13F2NO4. The normalized spacial score (nSPS) is 14.4. The van der Waals surface area contributed by atoms with Crippen molar-refractivity contribution in [3.8, 4) is 0 Å². The SMILES string of the molecule is COC(=O)C(C)(C)CN1C(=O)C(=O)c2cc(F)cc(F)c21. The van der Waals surface area contributed by atoms with Gasteiger partial charge in [0, 0.05) is 12.6 Å². The maximum Gasteiger partial charge on any atom is 0.313 e. The molecule has 112 valence electrons. The lowest BCUT2D eigenvalue weighted by Gasteiger charge is -2.27. The van der Waals surface area contributed by atoms with E-state index < -0.39 is 34.7 Å². The highest BCUT2D eigenvalue weighted by atomic mass is 19.1. The van der Waals surface area contributed by atoms with Gasteiger partial charge in [-0.25, -0.2) is 8.78 Å². The Labute approximate surface area is 119 Å². The second-order valence-corrected chi connectivity index (χ2v) is 5.38. The molecule has 0 saturated heterocycles. The predicted octanol–water partition coefficient (Wildman–Crippen LogP) is 1.69. The van der Waals surface area contributed by atoms with E-state index in [1.807, 2.05) is 0 Å². The van der Waals surface area contributed by atoms with Crippen LogP contribution in [0.15, 0.2) is 12.1 Å². The van der Waals surface area contributed by atoms with Crippen molar-refractivity contribution in [2.24, 2.45) is 5.41 Å². The summed E-state index contributed by atoms with van der Waals surface area (Å²) in [6.07, 6.45) is 0. The van der Waals surface area contributed by atoms with Crippen molar-refractivity contribution < 1.29 is 27.9 Å². The average Bonchev–Trinajstić information content (AvgIpc) is 2.63. The van der Waals surface area contributed by atoms with Crippen LogP contribution in [0.2, 0.25) is 0 Å². The topological polar surface area (TPSA) is 63.7 Å². The summed E-state index contributed by atoms with van der Waals surface area (Å²) < 4.78 is 31.7. The third-order valence-electron chi connectivity index (χ3n) is 3.27. The molecule has 0 unspecified atom stereocenters. The van der Waals surface area contributed by atoms with Gasteiger partial charge >= 0.3 is 5.97 Å². The first-order chi connectivity index (χ1) is 9.69. The lowest BCUT2D eigenvalue weighted by molar-refractivity contribution is -0.150. The lowest BCUT2D eigenvalue weighted by atomic mass is 9.93. The quantitative estimate of drug-likeness (QED) is 0.629. The third-order valence-corrected chi connectivity index (χ3v) is 3.27. The average molecular weight is 297 g/mol. The van der Waals surface area contributed by atoms with Crippen LogP contribution >= 0.6 is 0 Å². The number of carbonyl (C=O) groups excluding carboxylic acids is 3. The summed E-state index contributed by atoms with van der Waals surface area (Å²) in [6.45, 7) is 2.74. The minimum absolute atomic E-state index is 0.250. The maximum atomic E-state index is 13.9. The number of ketones is 1. The molecule has 0 atom stereocenters. The Balaban J connectivity index is 2.47. The molecule has 0 fully saturated rings. The minimum atomic E-state index is -1.15. The number of methoxy groups -OCH3 is 1. The van der Waals surface area contributed by atoms with Crippen LogP contribution in [0.3, 0.4) is 0 Å². The number of ether oxygens (including phenoxy) is 1. The second-order valence-electron chi connectivity index (χ2n) is 5.38. The van der Waals surface area contributed by atoms with Gasteiger partial charge in [-0.05, 0) is 19.9 Å². The third kappa shape index (κ3) is 2.39. The number of halogens is 2. The highest BCUT2D eigenvalue weighted by molar-refractivity contribution is 6.52. The van der Waals surface area contributed by atoms with Gasteiger partial charge in [-0.2, -0.15) is 0 Å². The number of hydrogen-bond donors (Lipinski definition) is 0. The van der Waals surface area contributed by atoms with E-state index in [2.05, 4.69) is 4.74 Å². The largest absolute Gasteiger partial charge is 0.469 e. The number of amides is 1. The zero-order valence-electron chi connectivity index (χ0n) is 11.7. The zero-order chi connectivity index (χ0) is 15.9. The Hall–Kier alpha value is -2.31. The minimum Gasteiger partial charge on any atom is -0.469 e. The number of benzene rings is 1. The number of rotatable bonds is 3. The summed E-state index contributed by atoms with van der Waals surface area (Å²) in [7, 11) is 1.19. The summed E-state index contributed by atoms with van der Waals surface area (Å²) in [5.41, 5.74) is -1.78. The van der Waals surface area contributed by atoms with E-state index in [0.717, 1.165) is 11.0 Å². The highest BCUT2D eigenvalue weighted by Crippen LogP contribution is 2.35. The number of Topliss-reactive ketones (excluding diaryl/α,β-unsaturated/α-hetero) is 1. The van der Waals surface area contributed by atoms with E-state index in [0.29, 0.717) is 6.07 Å². The number of hydrogen-bond acceptors (Lipinski definition) is 4. The van der Waals surface area contributed by atoms with Crippen LogP contribution < -0.4 is 4.90 Å². The van der Waals surface area contributed by atoms with E-state index >= 15 is 0 Å². The van der Waals surface area contributed by atoms with Crippen molar-refractivity contribution in [1.29, 1.82) is 0 Å². The molecule has 1 aliphatic heterocycles. The van der Waals surface area contributed by atoms with Gasteiger partial charge in [0.2, 0.25) is 0 Å². The van der Waals surface area contributed by atoms with Gasteiger partial charge in [0.25, 0.3) is 11.7 Å². The molecule has 1 aromatic rings. The molecular weight excluding hydrogens is 284 g/mol. The van der Waals surface area contributed by atoms with Crippen LogP contribution in [0.4, 0.5) is 14.5 Å². The lowest BCUT2D eigenvalue weighted by Crippen LogP contribution is -2.42. The smallest absolute Gasteiger partial charge is 0.313 e. The molecule has 0 saturated carbocycles. The van der Waals surface area contributed by atoms with Gasteiger partial charge in [0.15, 0.2) is 5.82 Å². The molecule has 0 bridgehead atoms. The van der Waals surface area contributed by atoms with Crippen LogP contribution in [0, 0.1) is 17.0 Å². The van der Waals surface area contributed by atoms with Crippen molar-refractivity contribution in [1.82, 2.24) is 0 Å². The van der Waals surface area contributed by atoms with Crippen molar-refractivity contribution >= 4 is 23.3 Å². The molecule has 5 nitrogen and oxygen atoms in total. The molecule has 1 heterocycles. The second kappa shape index (κ2) is 4.91. The van der Waals surface area contributed by atoms with Gasteiger partial charge < -0.3 is 9.64 Å².